The third kappa shape index (κ3) is 2.99. The zero-order valence-corrected chi connectivity index (χ0v) is 7.34. The van der Waals surface area contributed by atoms with Crippen LogP contribution < -0.4 is 0 Å². The number of hydrogen-bond donors (Lipinski definition) is 1. The van der Waals surface area contributed by atoms with Gasteiger partial charge in [0, 0.05) is 24.2 Å². The van der Waals surface area contributed by atoms with Crippen molar-refractivity contribution < 1.29 is 9.90 Å². The lowest BCUT2D eigenvalue weighted by Crippen LogP contribution is -1.94. The molecule has 0 aliphatic carbocycles. The molecule has 0 aromatic carbocycles. The number of carboxylic acids is 1. The molecule has 0 bridgehead atoms. The SMILES string of the molecule is CC(=CC=Cn1cccc1)C(=O)O. The summed E-state index contributed by atoms with van der Waals surface area (Å²) in [6.07, 6.45) is 8.79. The maximum atomic E-state index is 10.4. The van der Waals surface area contributed by atoms with Crippen LogP contribution in [0.4, 0.5) is 0 Å². The van der Waals surface area contributed by atoms with Crippen molar-refractivity contribution in [3.05, 3.63) is 42.3 Å². The van der Waals surface area contributed by atoms with E-state index >= 15 is 0 Å². The largest absolute Gasteiger partial charge is 0.478 e. The number of carboxylic acid groups (broad SMARTS) is 1. The monoisotopic (exact) mass is 177 g/mol. The summed E-state index contributed by atoms with van der Waals surface area (Å²) in [5.74, 6) is -0.892. The Kier molecular flexibility index (Phi) is 3.09. The van der Waals surface area contributed by atoms with E-state index in [0.29, 0.717) is 5.57 Å². The molecule has 0 radical (unpaired) electrons. The predicted octanol–water partition coefficient (Wildman–Crippen LogP) is 1.99. The fourth-order valence-electron chi connectivity index (χ4n) is 0.805. The zero-order chi connectivity index (χ0) is 9.68. The van der Waals surface area contributed by atoms with E-state index in [2.05, 4.69) is 0 Å². The third-order valence-electron chi connectivity index (χ3n) is 1.57. The van der Waals surface area contributed by atoms with Crippen LogP contribution in [0.25, 0.3) is 6.20 Å². The van der Waals surface area contributed by atoms with E-state index in [0.717, 1.165) is 0 Å². The Morgan fingerprint density at radius 3 is 2.54 bits per heavy atom. The summed E-state index contributed by atoms with van der Waals surface area (Å²) in [6, 6.07) is 3.80. The molecule has 3 nitrogen and oxygen atoms in total. The third-order valence-corrected chi connectivity index (χ3v) is 1.57. The second-order valence-electron chi connectivity index (χ2n) is 2.63. The number of aliphatic carboxylic acids is 1. The van der Waals surface area contributed by atoms with Gasteiger partial charge < -0.3 is 9.67 Å². The highest BCUT2D eigenvalue weighted by Gasteiger charge is 1.95. The number of allylic oxidation sites excluding steroid dienone is 2. The van der Waals surface area contributed by atoms with Gasteiger partial charge >= 0.3 is 5.97 Å². The average Bonchev–Trinajstić information content (AvgIpc) is 2.56. The molecule has 0 unspecified atom stereocenters. The van der Waals surface area contributed by atoms with Crippen molar-refractivity contribution in [1.29, 1.82) is 0 Å². The number of nitrogens with zero attached hydrogens (tertiary/aromatic N) is 1. The van der Waals surface area contributed by atoms with Crippen molar-refractivity contribution in [3.8, 4) is 0 Å². The lowest BCUT2D eigenvalue weighted by molar-refractivity contribution is -0.132. The average molecular weight is 177 g/mol. The number of carbonyl (C=O) groups is 1. The first-order valence-electron chi connectivity index (χ1n) is 3.91. The lowest BCUT2D eigenvalue weighted by atomic mass is 10.3. The molecule has 1 rings (SSSR count). The molecule has 1 aromatic heterocycles. The molecule has 13 heavy (non-hydrogen) atoms. The van der Waals surface area contributed by atoms with E-state index in [1.165, 1.54) is 0 Å². The fraction of sp³-hybridized carbons (Fsp3) is 0.100. The van der Waals surface area contributed by atoms with Gasteiger partial charge in [0.05, 0.1) is 0 Å². The van der Waals surface area contributed by atoms with Crippen molar-refractivity contribution in [2.75, 3.05) is 0 Å². The van der Waals surface area contributed by atoms with Gasteiger partial charge in [0.2, 0.25) is 0 Å². The topological polar surface area (TPSA) is 42.2 Å². The Labute approximate surface area is 76.6 Å². The second kappa shape index (κ2) is 4.30. The second-order valence-corrected chi connectivity index (χ2v) is 2.63. The molecule has 3 heteroatoms. The maximum absolute atomic E-state index is 10.4. The summed E-state index contributed by atoms with van der Waals surface area (Å²) < 4.78 is 1.84. The normalized spacial score (nSPS) is 12.2. The van der Waals surface area contributed by atoms with E-state index in [1.54, 1.807) is 25.3 Å². The van der Waals surface area contributed by atoms with E-state index in [1.807, 2.05) is 29.1 Å². The maximum Gasteiger partial charge on any atom is 0.331 e. The van der Waals surface area contributed by atoms with Gasteiger partial charge in [0.1, 0.15) is 0 Å². The van der Waals surface area contributed by atoms with Crippen molar-refractivity contribution in [3.63, 3.8) is 0 Å². The van der Waals surface area contributed by atoms with Crippen LogP contribution in [0.15, 0.2) is 42.3 Å². The van der Waals surface area contributed by atoms with Gasteiger partial charge in [0.15, 0.2) is 0 Å². The molecule has 1 heterocycles. The summed E-state index contributed by atoms with van der Waals surface area (Å²) in [5.41, 5.74) is 0.323. The summed E-state index contributed by atoms with van der Waals surface area (Å²) in [5, 5.41) is 8.53. The van der Waals surface area contributed by atoms with Crippen LogP contribution in [-0.2, 0) is 4.79 Å². The van der Waals surface area contributed by atoms with Gasteiger partial charge in [-0.05, 0) is 25.1 Å². The number of hydrogen-bond acceptors (Lipinski definition) is 1. The summed E-state index contributed by atoms with van der Waals surface area (Å²) in [6.45, 7) is 1.56. The minimum atomic E-state index is -0.892. The molecule has 0 aliphatic heterocycles. The molecule has 1 N–H and O–H groups in total. The standard InChI is InChI=1S/C10H11NO2/c1-9(10(12)13)5-4-8-11-6-2-3-7-11/h2-8H,1H3,(H,12,13). The molecule has 0 amide bonds. The van der Waals surface area contributed by atoms with Crippen molar-refractivity contribution in [2.24, 2.45) is 0 Å². The van der Waals surface area contributed by atoms with Crippen LogP contribution in [0.5, 0.6) is 0 Å². The van der Waals surface area contributed by atoms with Crippen LogP contribution in [-0.4, -0.2) is 15.6 Å². The minimum Gasteiger partial charge on any atom is -0.478 e. The fourth-order valence-corrected chi connectivity index (χ4v) is 0.805. The summed E-state index contributed by atoms with van der Waals surface area (Å²) in [4.78, 5) is 10.4. The first-order chi connectivity index (χ1) is 6.20. The Hall–Kier alpha value is -1.77. The van der Waals surface area contributed by atoms with Gasteiger partial charge in [-0.15, -0.1) is 0 Å². The molecular weight excluding hydrogens is 166 g/mol. The first kappa shape index (κ1) is 9.32. The summed E-state index contributed by atoms with van der Waals surface area (Å²) >= 11 is 0. The first-order valence-corrected chi connectivity index (χ1v) is 3.91. The van der Waals surface area contributed by atoms with Crippen LogP contribution >= 0.6 is 0 Å². The van der Waals surface area contributed by atoms with E-state index in [4.69, 9.17) is 5.11 Å². The molecule has 0 saturated carbocycles. The molecule has 0 spiro atoms. The smallest absolute Gasteiger partial charge is 0.331 e. The predicted molar refractivity (Wildman–Crippen MR) is 51.2 cm³/mol. The van der Waals surface area contributed by atoms with E-state index in [9.17, 15) is 4.79 Å². The van der Waals surface area contributed by atoms with Crippen LogP contribution in [0.2, 0.25) is 0 Å². The van der Waals surface area contributed by atoms with Gasteiger partial charge in [0.25, 0.3) is 0 Å². The number of aromatic nitrogens is 1. The van der Waals surface area contributed by atoms with Crippen LogP contribution in [0.1, 0.15) is 6.92 Å². The molecule has 1 aromatic rings. The highest BCUT2D eigenvalue weighted by Crippen LogP contribution is 1.95. The van der Waals surface area contributed by atoms with Gasteiger partial charge in [-0.1, -0.05) is 6.08 Å². The van der Waals surface area contributed by atoms with Crippen molar-refractivity contribution in [1.82, 2.24) is 4.57 Å². The van der Waals surface area contributed by atoms with Crippen molar-refractivity contribution in [2.45, 2.75) is 6.92 Å². The van der Waals surface area contributed by atoms with Gasteiger partial charge in [-0.3, -0.25) is 0 Å². The molecule has 0 saturated heterocycles. The molecule has 68 valence electrons. The Morgan fingerprint density at radius 1 is 1.38 bits per heavy atom. The Morgan fingerprint density at radius 2 is 2.00 bits per heavy atom. The Bertz CT molecular complexity index is 334. The molecule has 0 fully saturated rings. The minimum absolute atomic E-state index is 0.323. The van der Waals surface area contributed by atoms with E-state index in [-0.39, 0.29) is 0 Å². The summed E-state index contributed by atoms with van der Waals surface area (Å²) in [7, 11) is 0. The lowest BCUT2D eigenvalue weighted by Gasteiger charge is -1.90. The quantitative estimate of drug-likeness (QED) is 0.566. The highest BCUT2D eigenvalue weighted by atomic mass is 16.4. The highest BCUT2D eigenvalue weighted by molar-refractivity contribution is 5.86. The molecular formula is C10H11NO2. The molecule has 0 atom stereocenters. The van der Waals surface area contributed by atoms with Crippen LogP contribution in [0, 0.1) is 0 Å². The molecule has 0 aliphatic rings. The number of rotatable bonds is 3. The van der Waals surface area contributed by atoms with E-state index < -0.39 is 5.97 Å². The Balaban J connectivity index is 2.60. The van der Waals surface area contributed by atoms with Gasteiger partial charge in [-0.2, -0.15) is 0 Å². The zero-order valence-electron chi connectivity index (χ0n) is 7.34. The van der Waals surface area contributed by atoms with Crippen LogP contribution in [0.3, 0.4) is 0 Å². The van der Waals surface area contributed by atoms with Crippen molar-refractivity contribution >= 4 is 12.2 Å². The van der Waals surface area contributed by atoms with Gasteiger partial charge in [-0.25, -0.2) is 4.79 Å².